The fourth-order valence-corrected chi connectivity index (χ4v) is 5.72. The second-order valence-electron chi connectivity index (χ2n) is 4.25. The van der Waals surface area contributed by atoms with Crippen molar-refractivity contribution in [2.45, 2.75) is 23.7 Å². The van der Waals surface area contributed by atoms with Gasteiger partial charge in [-0.05, 0) is 30.4 Å². The second-order valence-corrected chi connectivity index (χ2v) is 8.32. The Morgan fingerprint density at radius 2 is 2.26 bits per heavy atom. The third-order valence-corrected chi connectivity index (χ3v) is 7.24. The van der Waals surface area contributed by atoms with Gasteiger partial charge in [0, 0.05) is 17.5 Å². The molecule has 0 amide bonds. The highest BCUT2D eigenvalue weighted by Gasteiger charge is 2.36. The van der Waals surface area contributed by atoms with E-state index in [0.29, 0.717) is 6.54 Å². The molecular formula is C10H12N4O2S3. The highest BCUT2D eigenvalue weighted by Crippen LogP contribution is 2.36. The van der Waals surface area contributed by atoms with Crippen LogP contribution >= 0.6 is 22.7 Å². The van der Waals surface area contributed by atoms with Crippen LogP contribution in [0.4, 0.5) is 5.13 Å². The lowest BCUT2D eigenvalue weighted by atomic mass is 10.0. The molecule has 3 heterocycles. The number of nitrogen functional groups attached to an aromatic ring is 1. The van der Waals surface area contributed by atoms with Gasteiger partial charge < -0.3 is 5.73 Å². The number of anilines is 1. The van der Waals surface area contributed by atoms with E-state index in [2.05, 4.69) is 10.2 Å². The fraction of sp³-hybridized carbons (Fsp3) is 0.400. The minimum absolute atomic E-state index is 0.0319. The van der Waals surface area contributed by atoms with Crippen LogP contribution in [0, 0.1) is 0 Å². The first kappa shape index (κ1) is 13.0. The molecule has 1 aliphatic rings. The zero-order valence-electron chi connectivity index (χ0n) is 10.1. The first-order valence-electron chi connectivity index (χ1n) is 5.67. The van der Waals surface area contributed by atoms with Gasteiger partial charge in [0.15, 0.2) is 0 Å². The lowest BCUT2D eigenvalue weighted by Gasteiger charge is -2.31. The van der Waals surface area contributed by atoms with E-state index in [1.54, 1.807) is 11.3 Å². The molecule has 3 rings (SSSR count). The van der Waals surface area contributed by atoms with Crippen molar-refractivity contribution in [3.63, 3.8) is 0 Å². The molecular weight excluding hydrogens is 304 g/mol. The number of hydrogen-bond acceptors (Lipinski definition) is 7. The fourth-order valence-electron chi connectivity index (χ4n) is 2.24. The maximum absolute atomic E-state index is 12.5. The van der Waals surface area contributed by atoms with E-state index >= 15 is 0 Å². The predicted octanol–water partition coefficient (Wildman–Crippen LogP) is 1.49. The van der Waals surface area contributed by atoms with Crippen LogP contribution in [-0.4, -0.2) is 29.5 Å². The molecule has 0 spiro atoms. The Morgan fingerprint density at radius 1 is 1.47 bits per heavy atom. The summed E-state index contributed by atoms with van der Waals surface area (Å²) in [6.45, 7) is 2.36. The molecule has 2 N–H and O–H groups in total. The SMILES string of the molecule is CC1c2ccsc2CCN1S(=O)(=O)c1nnc(N)s1. The summed E-state index contributed by atoms with van der Waals surface area (Å²) in [4.78, 5) is 1.26. The minimum atomic E-state index is -3.61. The quantitative estimate of drug-likeness (QED) is 0.906. The molecule has 1 unspecified atom stereocenters. The monoisotopic (exact) mass is 316 g/mol. The first-order chi connectivity index (χ1) is 9.00. The number of hydrogen-bond donors (Lipinski definition) is 1. The van der Waals surface area contributed by atoms with Crippen molar-refractivity contribution < 1.29 is 8.42 Å². The van der Waals surface area contributed by atoms with Crippen molar-refractivity contribution in [3.05, 3.63) is 21.9 Å². The summed E-state index contributed by atoms with van der Waals surface area (Å²) < 4.78 is 26.5. The van der Waals surface area contributed by atoms with Gasteiger partial charge in [0.25, 0.3) is 10.0 Å². The van der Waals surface area contributed by atoms with Gasteiger partial charge in [0.2, 0.25) is 9.47 Å². The van der Waals surface area contributed by atoms with Crippen LogP contribution in [0.25, 0.3) is 0 Å². The van der Waals surface area contributed by atoms with E-state index in [1.165, 1.54) is 9.18 Å². The van der Waals surface area contributed by atoms with Gasteiger partial charge in [-0.25, -0.2) is 8.42 Å². The van der Waals surface area contributed by atoms with E-state index in [-0.39, 0.29) is 15.5 Å². The van der Waals surface area contributed by atoms with Crippen LogP contribution in [0.5, 0.6) is 0 Å². The normalized spacial score (nSPS) is 20.4. The van der Waals surface area contributed by atoms with Crippen LogP contribution < -0.4 is 5.73 Å². The summed E-state index contributed by atoms with van der Waals surface area (Å²) in [5, 5.41) is 9.40. The van der Waals surface area contributed by atoms with Crippen molar-refractivity contribution >= 4 is 37.8 Å². The van der Waals surface area contributed by atoms with Crippen LogP contribution in [0.15, 0.2) is 15.8 Å². The third kappa shape index (κ3) is 2.06. The molecule has 0 saturated heterocycles. The van der Waals surface area contributed by atoms with Gasteiger partial charge in [-0.1, -0.05) is 11.3 Å². The summed E-state index contributed by atoms with van der Waals surface area (Å²) in [5.41, 5.74) is 6.54. The second kappa shape index (κ2) is 4.51. The molecule has 0 aromatic carbocycles. The smallest absolute Gasteiger partial charge is 0.272 e. The molecule has 0 aliphatic carbocycles. The Bertz CT molecular complexity index is 706. The summed E-state index contributed by atoms with van der Waals surface area (Å²) in [6.07, 6.45) is 0.741. The summed E-state index contributed by atoms with van der Waals surface area (Å²) >= 11 is 2.58. The van der Waals surface area contributed by atoms with Crippen LogP contribution in [0.2, 0.25) is 0 Å². The Balaban J connectivity index is 2.00. The van der Waals surface area contributed by atoms with Crippen LogP contribution in [0.1, 0.15) is 23.4 Å². The number of aromatic nitrogens is 2. The Labute approximate surface area is 118 Å². The summed E-state index contributed by atoms with van der Waals surface area (Å²) in [5.74, 6) is 0. The largest absolute Gasteiger partial charge is 0.374 e. The molecule has 1 atom stereocenters. The lowest BCUT2D eigenvalue weighted by molar-refractivity contribution is 0.329. The van der Waals surface area contributed by atoms with Gasteiger partial charge in [0.05, 0.1) is 0 Å². The van der Waals surface area contributed by atoms with Gasteiger partial charge in [-0.15, -0.1) is 21.5 Å². The molecule has 19 heavy (non-hydrogen) atoms. The third-order valence-electron chi connectivity index (χ3n) is 3.17. The Hall–Kier alpha value is -1.03. The Morgan fingerprint density at radius 3 is 2.95 bits per heavy atom. The number of nitrogens with zero attached hydrogens (tertiary/aromatic N) is 3. The molecule has 0 bridgehead atoms. The van der Waals surface area contributed by atoms with Crippen molar-refractivity contribution in [2.24, 2.45) is 0 Å². The van der Waals surface area contributed by atoms with Crippen LogP contribution in [-0.2, 0) is 16.4 Å². The molecule has 0 fully saturated rings. The molecule has 0 radical (unpaired) electrons. The highest BCUT2D eigenvalue weighted by atomic mass is 32.2. The van der Waals surface area contributed by atoms with Gasteiger partial charge >= 0.3 is 0 Å². The average molecular weight is 316 g/mol. The Kier molecular flexibility index (Phi) is 3.08. The highest BCUT2D eigenvalue weighted by molar-refractivity contribution is 7.91. The zero-order valence-corrected chi connectivity index (χ0v) is 12.6. The summed E-state index contributed by atoms with van der Waals surface area (Å²) in [7, 11) is -3.61. The van der Waals surface area contributed by atoms with E-state index in [4.69, 9.17) is 5.73 Å². The maximum Gasteiger partial charge on any atom is 0.272 e. The molecule has 102 valence electrons. The standard InChI is InChI=1S/C10H12N4O2S3/c1-6-7-3-5-17-8(7)2-4-14(6)19(15,16)10-13-12-9(11)18-10/h3,5-6H,2,4H2,1H3,(H2,11,12). The van der Waals surface area contributed by atoms with Crippen molar-refractivity contribution in [3.8, 4) is 0 Å². The number of nitrogens with two attached hydrogens (primary N) is 1. The zero-order chi connectivity index (χ0) is 13.6. The van der Waals surface area contributed by atoms with E-state index in [1.807, 2.05) is 18.4 Å². The number of fused-ring (bicyclic) bond motifs is 1. The maximum atomic E-state index is 12.5. The average Bonchev–Trinajstić information content (AvgIpc) is 2.97. The molecule has 0 saturated carbocycles. The van der Waals surface area contributed by atoms with E-state index in [9.17, 15) is 8.42 Å². The number of rotatable bonds is 2. The first-order valence-corrected chi connectivity index (χ1v) is 8.81. The van der Waals surface area contributed by atoms with E-state index in [0.717, 1.165) is 23.3 Å². The van der Waals surface area contributed by atoms with E-state index < -0.39 is 10.0 Å². The van der Waals surface area contributed by atoms with Crippen molar-refractivity contribution in [1.29, 1.82) is 0 Å². The molecule has 1 aliphatic heterocycles. The summed E-state index contributed by atoms with van der Waals surface area (Å²) in [6, 6.07) is 1.81. The molecule has 2 aromatic rings. The van der Waals surface area contributed by atoms with Crippen molar-refractivity contribution in [2.75, 3.05) is 12.3 Å². The molecule has 6 nitrogen and oxygen atoms in total. The predicted molar refractivity (Wildman–Crippen MR) is 74.7 cm³/mol. The minimum Gasteiger partial charge on any atom is -0.374 e. The van der Waals surface area contributed by atoms with Gasteiger partial charge in [0.1, 0.15) is 0 Å². The van der Waals surface area contributed by atoms with Crippen LogP contribution in [0.3, 0.4) is 0 Å². The number of sulfonamides is 1. The van der Waals surface area contributed by atoms with Gasteiger partial charge in [-0.2, -0.15) is 4.31 Å². The van der Waals surface area contributed by atoms with Gasteiger partial charge in [-0.3, -0.25) is 0 Å². The molecule has 9 heteroatoms. The molecule has 2 aromatic heterocycles. The topological polar surface area (TPSA) is 89.2 Å². The lowest BCUT2D eigenvalue weighted by Crippen LogP contribution is -2.38. The number of thiophene rings is 1. The van der Waals surface area contributed by atoms with Crippen molar-refractivity contribution in [1.82, 2.24) is 14.5 Å².